The van der Waals surface area contributed by atoms with Gasteiger partial charge >= 0.3 is 0 Å². The van der Waals surface area contributed by atoms with Gasteiger partial charge in [-0.05, 0) is 25.3 Å². The summed E-state index contributed by atoms with van der Waals surface area (Å²) < 4.78 is 2.34. The predicted octanol–water partition coefficient (Wildman–Crippen LogP) is 3.12. The van der Waals surface area contributed by atoms with Crippen LogP contribution in [0.4, 0.5) is 0 Å². The van der Waals surface area contributed by atoms with Crippen molar-refractivity contribution < 1.29 is 0 Å². The van der Waals surface area contributed by atoms with E-state index in [0.717, 1.165) is 30.4 Å². The van der Waals surface area contributed by atoms with Crippen LogP contribution in [0.1, 0.15) is 52.3 Å². The van der Waals surface area contributed by atoms with Crippen molar-refractivity contribution in [3.63, 3.8) is 0 Å². The molecule has 1 aromatic heterocycles. The number of thioether (sulfide) groups is 1. The maximum atomic E-state index is 4.40. The monoisotopic (exact) mass is 296 g/mol. The van der Waals surface area contributed by atoms with Gasteiger partial charge in [-0.1, -0.05) is 45.4 Å². The summed E-state index contributed by atoms with van der Waals surface area (Å²) in [6, 6.07) is 0.564. The van der Waals surface area contributed by atoms with Crippen LogP contribution in [-0.4, -0.2) is 33.1 Å². The first-order valence-electron chi connectivity index (χ1n) is 8.04. The van der Waals surface area contributed by atoms with E-state index in [9.17, 15) is 0 Å². The molecule has 114 valence electrons. The molecule has 1 aliphatic heterocycles. The topological polar surface area (TPSA) is 42.7 Å². The zero-order valence-electron chi connectivity index (χ0n) is 13.1. The third-order valence-corrected chi connectivity index (χ3v) is 5.35. The molecule has 2 rings (SSSR count). The molecule has 2 unspecified atom stereocenters. The van der Waals surface area contributed by atoms with E-state index in [1.165, 1.54) is 31.5 Å². The molecule has 1 N–H and O–H groups in total. The number of nitrogens with one attached hydrogen (secondary N) is 1. The Balaban J connectivity index is 1.97. The van der Waals surface area contributed by atoms with E-state index in [1.807, 2.05) is 11.8 Å². The Bertz CT molecular complexity index is 405. The lowest BCUT2D eigenvalue weighted by Gasteiger charge is -2.23. The molecule has 1 aliphatic rings. The van der Waals surface area contributed by atoms with Gasteiger partial charge in [-0.15, -0.1) is 10.2 Å². The standard InChI is InChI=1S/C15H28N4S/c1-4-12(3)13(16-5-2)11-20-15-18-17-14-9-7-6-8-10-19(14)15/h12-13,16H,4-11H2,1-3H3. The van der Waals surface area contributed by atoms with Gasteiger partial charge in [-0.25, -0.2) is 0 Å². The molecule has 0 radical (unpaired) electrons. The lowest BCUT2D eigenvalue weighted by Crippen LogP contribution is -2.36. The van der Waals surface area contributed by atoms with Crippen LogP contribution in [0.5, 0.6) is 0 Å². The third-order valence-electron chi connectivity index (χ3n) is 4.26. The zero-order valence-corrected chi connectivity index (χ0v) is 13.9. The predicted molar refractivity (Wildman–Crippen MR) is 85.2 cm³/mol. The summed E-state index contributed by atoms with van der Waals surface area (Å²) in [5.74, 6) is 2.98. The second-order valence-electron chi connectivity index (χ2n) is 5.72. The van der Waals surface area contributed by atoms with Crippen LogP contribution in [0.2, 0.25) is 0 Å². The molecule has 0 aliphatic carbocycles. The van der Waals surface area contributed by atoms with Crippen molar-refractivity contribution in [3.8, 4) is 0 Å². The fourth-order valence-electron chi connectivity index (χ4n) is 2.70. The van der Waals surface area contributed by atoms with Gasteiger partial charge in [-0.3, -0.25) is 0 Å². The molecule has 0 aromatic carbocycles. The first-order chi connectivity index (χ1) is 9.76. The van der Waals surface area contributed by atoms with E-state index in [-0.39, 0.29) is 0 Å². The largest absolute Gasteiger partial charge is 0.313 e. The van der Waals surface area contributed by atoms with Gasteiger partial charge in [-0.2, -0.15) is 0 Å². The number of hydrogen-bond acceptors (Lipinski definition) is 4. The Morgan fingerprint density at radius 3 is 2.85 bits per heavy atom. The fraction of sp³-hybridized carbons (Fsp3) is 0.867. The molecule has 0 fully saturated rings. The lowest BCUT2D eigenvalue weighted by atomic mass is 10.0. The molecular weight excluding hydrogens is 268 g/mol. The Morgan fingerprint density at radius 1 is 1.25 bits per heavy atom. The number of fused-ring (bicyclic) bond motifs is 1. The molecule has 20 heavy (non-hydrogen) atoms. The summed E-state index contributed by atoms with van der Waals surface area (Å²) in [6.07, 6.45) is 6.16. The van der Waals surface area contributed by atoms with Crippen molar-refractivity contribution in [1.82, 2.24) is 20.1 Å². The van der Waals surface area contributed by atoms with Gasteiger partial charge in [0.05, 0.1) is 0 Å². The van der Waals surface area contributed by atoms with Crippen molar-refractivity contribution in [2.24, 2.45) is 5.92 Å². The van der Waals surface area contributed by atoms with Crippen molar-refractivity contribution in [1.29, 1.82) is 0 Å². The highest BCUT2D eigenvalue weighted by atomic mass is 32.2. The van der Waals surface area contributed by atoms with Crippen molar-refractivity contribution in [2.45, 2.75) is 70.6 Å². The molecule has 5 heteroatoms. The van der Waals surface area contributed by atoms with Crippen molar-refractivity contribution >= 4 is 11.8 Å². The number of rotatable bonds is 7. The number of nitrogens with zero attached hydrogens (tertiary/aromatic N) is 3. The minimum absolute atomic E-state index is 0.564. The summed E-state index contributed by atoms with van der Waals surface area (Å²) in [5, 5.41) is 13.5. The van der Waals surface area contributed by atoms with Gasteiger partial charge in [0.25, 0.3) is 0 Å². The van der Waals surface area contributed by atoms with Gasteiger partial charge in [0.1, 0.15) is 5.82 Å². The van der Waals surface area contributed by atoms with E-state index in [4.69, 9.17) is 0 Å². The summed E-state index contributed by atoms with van der Waals surface area (Å²) in [6.45, 7) is 8.91. The van der Waals surface area contributed by atoms with Gasteiger partial charge in [0.15, 0.2) is 5.16 Å². The molecule has 2 heterocycles. The quantitative estimate of drug-likeness (QED) is 0.785. The summed E-state index contributed by atoms with van der Waals surface area (Å²) >= 11 is 1.87. The van der Waals surface area contributed by atoms with Crippen LogP contribution in [0, 0.1) is 5.92 Å². The molecule has 4 nitrogen and oxygen atoms in total. The average Bonchev–Trinajstić information content (AvgIpc) is 2.70. The van der Waals surface area contributed by atoms with E-state index >= 15 is 0 Å². The maximum Gasteiger partial charge on any atom is 0.191 e. The number of aromatic nitrogens is 3. The van der Waals surface area contributed by atoms with Crippen molar-refractivity contribution in [3.05, 3.63) is 5.82 Å². The first kappa shape index (κ1) is 15.8. The summed E-state index contributed by atoms with van der Waals surface area (Å²) in [5.41, 5.74) is 0. The molecular formula is C15H28N4S. The first-order valence-corrected chi connectivity index (χ1v) is 9.03. The molecule has 0 saturated carbocycles. The third kappa shape index (κ3) is 3.98. The SMILES string of the molecule is CCNC(CSc1nnc2n1CCCCC2)C(C)CC. The lowest BCUT2D eigenvalue weighted by molar-refractivity contribution is 0.403. The Kier molecular flexibility index (Phi) is 6.36. The van der Waals surface area contributed by atoms with E-state index in [1.54, 1.807) is 0 Å². The van der Waals surface area contributed by atoms with Crippen LogP contribution >= 0.6 is 11.8 Å². The molecule has 2 atom stereocenters. The van der Waals surface area contributed by atoms with E-state index in [2.05, 4.69) is 40.9 Å². The highest BCUT2D eigenvalue weighted by molar-refractivity contribution is 7.99. The zero-order chi connectivity index (χ0) is 14.4. The highest BCUT2D eigenvalue weighted by Crippen LogP contribution is 2.24. The van der Waals surface area contributed by atoms with E-state index in [0.29, 0.717) is 12.0 Å². The Morgan fingerprint density at radius 2 is 2.10 bits per heavy atom. The highest BCUT2D eigenvalue weighted by Gasteiger charge is 2.19. The van der Waals surface area contributed by atoms with Crippen LogP contribution in [0.3, 0.4) is 0 Å². The van der Waals surface area contributed by atoms with Crippen molar-refractivity contribution in [2.75, 3.05) is 12.3 Å². The van der Waals surface area contributed by atoms with E-state index < -0.39 is 0 Å². The van der Waals surface area contributed by atoms with Gasteiger partial charge < -0.3 is 9.88 Å². The number of hydrogen-bond donors (Lipinski definition) is 1. The summed E-state index contributed by atoms with van der Waals surface area (Å²) in [7, 11) is 0. The molecule has 0 bridgehead atoms. The minimum atomic E-state index is 0.564. The van der Waals surface area contributed by atoms with Crippen LogP contribution < -0.4 is 5.32 Å². The minimum Gasteiger partial charge on any atom is -0.313 e. The molecule has 0 saturated heterocycles. The summed E-state index contributed by atoms with van der Waals surface area (Å²) in [4.78, 5) is 0. The second kappa shape index (κ2) is 8.03. The Hall–Kier alpha value is -0.550. The molecule has 0 spiro atoms. The second-order valence-corrected chi connectivity index (χ2v) is 6.71. The maximum absolute atomic E-state index is 4.40. The average molecular weight is 296 g/mol. The number of aryl methyl sites for hydroxylation is 1. The molecule has 0 amide bonds. The van der Waals surface area contributed by atoms with Crippen LogP contribution in [-0.2, 0) is 13.0 Å². The van der Waals surface area contributed by atoms with Crippen LogP contribution in [0.25, 0.3) is 0 Å². The smallest absolute Gasteiger partial charge is 0.191 e. The fourth-order valence-corrected chi connectivity index (χ4v) is 3.93. The van der Waals surface area contributed by atoms with Gasteiger partial charge in [0, 0.05) is 24.8 Å². The molecule has 1 aromatic rings. The van der Waals surface area contributed by atoms with Crippen LogP contribution in [0.15, 0.2) is 5.16 Å². The Labute approximate surface area is 127 Å². The van der Waals surface area contributed by atoms with Gasteiger partial charge in [0.2, 0.25) is 0 Å². The normalized spacial score (nSPS) is 18.4.